The van der Waals surface area contributed by atoms with Gasteiger partial charge in [0, 0.05) is 30.6 Å². The normalized spacial score (nSPS) is 12.6. The Hall–Kier alpha value is -1.40. The van der Waals surface area contributed by atoms with Gasteiger partial charge in [-0.3, -0.25) is 0 Å². The number of hydrogen-bond acceptors (Lipinski definition) is 5. The van der Waals surface area contributed by atoms with E-state index in [9.17, 15) is 0 Å². The first-order chi connectivity index (χ1) is 8.70. The van der Waals surface area contributed by atoms with Gasteiger partial charge in [0.2, 0.25) is 5.95 Å². The summed E-state index contributed by atoms with van der Waals surface area (Å²) in [6.45, 7) is 5.54. The van der Waals surface area contributed by atoms with E-state index in [0.717, 1.165) is 17.5 Å². The van der Waals surface area contributed by atoms with Gasteiger partial charge in [0.05, 0.1) is 24.2 Å². The fraction of sp³-hybridized carbons (Fsp3) is 0.500. The minimum Gasteiger partial charge on any atom is -0.383 e. The summed E-state index contributed by atoms with van der Waals surface area (Å²) in [6.07, 6.45) is 5.66. The van der Waals surface area contributed by atoms with E-state index in [1.165, 1.54) is 4.88 Å². The highest BCUT2D eigenvalue weighted by atomic mass is 32.1. The standard InChI is InChI=1S/C12H18N4OS/c1-9(8-17-3)16-5-4-13-12(16)15-7-11-6-14-10(2)18-11/h4-6,9H,7-8H2,1-3H3,(H,13,15). The molecule has 0 aromatic carbocycles. The Morgan fingerprint density at radius 3 is 3.00 bits per heavy atom. The van der Waals surface area contributed by atoms with Crippen LogP contribution in [0, 0.1) is 6.92 Å². The molecule has 0 radical (unpaired) electrons. The van der Waals surface area contributed by atoms with Crippen LogP contribution >= 0.6 is 11.3 Å². The molecule has 2 rings (SSSR count). The number of hydrogen-bond donors (Lipinski definition) is 1. The summed E-state index contributed by atoms with van der Waals surface area (Å²) in [5.74, 6) is 0.866. The van der Waals surface area contributed by atoms with Gasteiger partial charge in [-0.2, -0.15) is 0 Å². The Balaban J connectivity index is 1.99. The minimum absolute atomic E-state index is 0.267. The topological polar surface area (TPSA) is 52.0 Å². The lowest BCUT2D eigenvalue weighted by molar-refractivity contribution is 0.163. The van der Waals surface area contributed by atoms with E-state index in [-0.39, 0.29) is 6.04 Å². The molecule has 0 aliphatic rings. The van der Waals surface area contributed by atoms with Gasteiger partial charge in [0.1, 0.15) is 0 Å². The molecule has 0 fully saturated rings. The number of imidazole rings is 1. The average molecular weight is 266 g/mol. The van der Waals surface area contributed by atoms with Gasteiger partial charge >= 0.3 is 0 Å². The minimum atomic E-state index is 0.267. The Morgan fingerprint density at radius 2 is 2.33 bits per heavy atom. The van der Waals surface area contributed by atoms with Crippen molar-refractivity contribution in [3.05, 3.63) is 28.5 Å². The predicted octanol–water partition coefficient (Wildman–Crippen LogP) is 2.47. The number of nitrogens with one attached hydrogen (secondary N) is 1. The summed E-state index contributed by atoms with van der Waals surface area (Å²) in [6, 6.07) is 0.267. The smallest absolute Gasteiger partial charge is 0.203 e. The summed E-state index contributed by atoms with van der Waals surface area (Å²) < 4.78 is 7.24. The second-order valence-corrected chi connectivity index (χ2v) is 5.48. The van der Waals surface area contributed by atoms with Gasteiger partial charge in [-0.15, -0.1) is 11.3 Å². The van der Waals surface area contributed by atoms with Crippen LogP contribution in [0.3, 0.4) is 0 Å². The number of nitrogens with zero attached hydrogens (tertiary/aromatic N) is 3. The van der Waals surface area contributed by atoms with Crippen LogP contribution < -0.4 is 5.32 Å². The van der Waals surface area contributed by atoms with Crippen molar-refractivity contribution in [1.82, 2.24) is 14.5 Å². The van der Waals surface area contributed by atoms with E-state index in [0.29, 0.717) is 6.61 Å². The molecule has 2 aromatic rings. The number of thiazole rings is 1. The van der Waals surface area contributed by atoms with Crippen LogP contribution in [0.1, 0.15) is 22.9 Å². The van der Waals surface area contributed by atoms with Crippen LogP contribution in [0.5, 0.6) is 0 Å². The quantitative estimate of drug-likeness (QED) is 0.872. The molecule has 18 heavy (non-hydrogen) atoms. The molecule has 0 aliphatic carbocycles. The van der Waals surface area contributed by atoms with Crippen LogP contribution in [0.25, 0.3) is 0 Å². The molecule has 1 atom stereocenters. The molecule has 0 aliphatic heterocycles. The molecule has 2 heterocycles. The molecule has 2 aromatic heterocycles. The number of ether oxygens (including phenoxy) is 1. The Bertz CT molecular complexity index is 494. The fourth-order valence-corrected chi connectivity index (χ4v) is 2.51. The molecule has 1 N–H and O–H groups in total. The summed E-state index contributed by atoms with van der Waals surface area (Å²) in [4.78, 5) is 9.77. The number of aromatic nitrogens is 3. The molecule has 0 spiro atoms. The summed E-state index contributed by atoms with van der Waals surface area (Å²) in [5.41, 5.74) is 0. The second-order valence-electron chi connectivity index (χ2n) is 4.16. The van der Waals surface area contributed by atoms with E-state index in [2.05, 4.69) is 26.8 Å². The molecule has 6 heteroatoms. The van der Waals surface area contributed by atoms with E-state index in [1.807, 2.05) is 19.3 Å². The van der Waals surface area contributed by atoms with E-state index < -0.39 is 0 Å². The summed E-state index contributed by atoms with van der Waals surface area (Å²) >= 11 is 1.70. The van der Waals surface area contributed by atoms with Crippen molar-refractivity contribution in [3.63, 3.8) is 0 Å². The lowest BCUT2D eigenvalue weighted by Crippen LogP contribution is -2.14. The third kappa shape index (κ3) is 3.08. The summed E-state index contributed by atoms with van der Waals surface area (Å²) in [7, 11) is 1.71. The molecule has 0 saturated carbocycles. The highest BCUT2D eigenvalue weighted by molar-refractivity contribution is 7.11. The first-order valence-corrected chi connectivity index (χ1v) is 6.69. The van der Waals surface area contributed by atoms with Gasteiger partial charge in [-0.25, -0.2) is 9.97 Å². The van der Waals surface area contributed by atoms with Gasteiger partial charge in [0.25, 0.3) is 0 Å². The van der Waals surface area contributed by atoms with Crippen molar-refractivity contribution >= 4 is 17.3 Å². The number of rotatable bonds is 6. The number of methoxy groups -OCH3 is 1. The van der Waals surface area contributed by atoms with Crippen molar-refractivity contribution in [2.45, 2.75) is 26.4 Å². The Morgan fingerprint density at radius 1 is 1.50 bits per heavy atom. The monoisotopic (exact) mass is 266 g/mol. The SMILES string of the molecule is COCC(C)n1ccnc1NCc1cnc(C)s1. The third-order valence-corrected chi connectivity index (χ3v) is 3.55. The zero-order chi connectivity index (χ0) is 13.0. The van der Waals surface area contributed by atoms with Crippen LogP contribution in [-0.4, -0.2) is 28.3 Å². The first-order valence-electron chi connectivity index (χ1n) is 5.87. The number of anilines is 1. The molecule has 5 nitrogen and oxygen atoms in total. The van der Waals surface area contributed by atoms with Crippen molar-refractivity contribution in [2.24, 2.45) is 0 Å². The van der Waals surface area contributed by atoms with Crippen LogP contribution in [0.15, 0.2) is 18.6 Å². The lowest BCUT2D eigenvalue weighted by atomic mass is 10.3. The molecule has 0 amide bonds. The maximum atomic E-state index is 5.16. The zero-order valence-corrected chi connectivity index (χ0v) is 11.7. The maximum absolute atomic E-state index is 5.16. The van der Waals surface area contributed by atoms with Gasteiger partial charge in [-0.05, 0) is 13.8 Å². The first kappa shape index (κ1) is 13.0. The molecule has 1 unspecified atom stereocenters. The third-order valence-electron chi connectivity index (χ3n) is 2.64. The van der Waals surface area contributed by atoms with Crippen LogP contribution in [-0.2, 0) is 11.3 Å². The number of aryl methyl sites for hydroxylation is 1. The molecular formula is C12H18N4OS. The van der Waals surface area contributed by atoms with Gasteiger partial charge in [0.15, 0.2) is 0 Å². The highest BCUT2D eigenvalue weighted by Gasteiger charge is 2.09. The zero-order valence-electron chi connectivity index (χ0n) is 10.9. The van der Waals surface area contributed by atoms with Crippen LogP contribution in [0.4, 0.5) is 5.95 Å². The van der Waals surface area contributed by atoms with Crippen LogP contribution in [0.2, 0.25) is 0 Å². The lowest BCUT2D eigenvalue weighted by Gasteiger charge is -2.15. The van der Waals surface area contributed by atoms with Crippen molar-refractivity contribution in [3.8, 4) is 0 Å². The molecule has 0 bridgehead atoms. The maximum Gasteiger partial charge on any atom is 0.203 e. The average Bonchev–Trinajstić information content (AvgIpc) is 2.95. The molecule has 98 valence electrons. The highest BCUT2D eigenvalue weighted by Crippen LogP contribution is 2.16. The Labute approximate surface area is 111 Å². The Kier molecular flexibility index (Phi) is 4.33. The summed E-state index contributed by atoms with van der Waals surface area (Å²) in [5, 5.41) is 4.41. The second kappa shape index (κ2) is 5.97. The van der Waals surface area contributed by atoms with Gasteiger partial charge < -0.3 is 14.6 Å². The van der Waals surface area contributed by atoms with Crippen molar-refractivity contribution in [1.29, 1.82) is 0 Å². The predicted molar refractivity (Wildman–Crippen MR) is 73.0 cm³/mol. The molecular weight excluding hydrogens is 248 g/mol. The fourth-order valence-electron chi connectivity index (χ4n) is 1.78. The van der Waals surface area contributed by atoms with Crippen molar-refractivity contribution in [2.75, 3.05) is 19.0 Å². The van der Waals surface area contributed by atoms with E-state index in [4.69, 9.17) is 4.74 Å². The molecule has 0 saturated heterocycles. The van der Waals surface area contributed by atoms with E-state index >= 15 is 0 Å². The van der Waals surface area contributed by atoms with Crippen molar-refractivity contribution < 1.29 is 4.74 Å². The largest absolute Gasteiger partial charge is 0.383 e. The van der Waals surface area contributed by atoms with Gasteiger partial charge in [-0.1, -0.05) is 0 Å². The van der Waals surface area contributed by atoms with E-state index in [1.54, 1.807) is 24.6 Å².